The molecule has 0 saturated carbocycles. The summed E-state index contributed by atoms with van der Waals surface area (Å²) in [7, 11) is 1.60. The van der Waals surface area contributed by atoms with Gasteiger partial charge in [-0.15, -0.1) is 0 Å². The van der Waals surface area contributed by atoms with Crippen molar-refractivity contribution in [1.29, 1.82) is 0 Å². The number of rotatable bonds is 2. The lowest BCUT2D eigenvalue weighted by atomic mass is 10.1. The maximum absolute atomic E-state index is 12.4. The fraction of sp³-hybridized carbons (Fsp3) is 0.500. The quantitative estimate of drug-likeness (QED) is 0.819. The Morgan fingerprint density at radius 1 is 1.33 bits per heavy atom. The zero-order valence-electron chi connectivity index (χ0n) is 10.7. The Bertz CT molecular complexity index is 455. The van der Waals surface area contributed by atoms with Crippen molar-refractivity contribution in [3.8, 4) is 0 Å². The van der Waals surface area contributed by atoms with Crippen LogP contribution in [-0.2, 0) is 6.18 Å². The maximum atomic E-state index is 12.4. The van der Waals surface area contributed by atoms with E-state index >= 15 is 0 Å². The van der Waals surface area contributed by atoms with Gasteiger partial charge in [0.15, 0.2) is 0 Å². The van der Waals surface area contributed by atoms with E-state index in [-0.39, 0.29) is 23.2 Å². The molecule has 18 heavy (non-hydrogen) atoms. The molecule has 0 aliphatic heterocycles. The van der Waals surface area contributed by atoms with Crippen molar-refractivity contribution in [3.63, 3.8) is 0 Å². The maximum Gasteiger partial charge on any atom is 0.433 e. The Labute approximate surface area is 104 Å². The van der Waals surface area contributed by atoms with Gasteiger partial charge in [0.2, 0.25) is 0 Å². The highest BCUT2D eigenvalue weighted by Crippen LogP contribution is 2.28. The SMILES string of the molecule is Cc1nc(C(F)(F)F)ccc1C(=O)N(C)C(C)C. The van der Waals surface area contributed by atoms with Gasteiger partial charge in [-0.25, -0.2) is 4.98 Å². The molecule has 0 aliphatic carbocycles. The molecule has 3 nitrogen and oxygen atoms in total. The lowest BCUT2D eigenvalue weighted by Gasteiger charge is -2.22. The summed E-state index contributed by atoms with van der Waals surface area (Å²) in [5.41, 5.74) is -0.703. The highest BCUT2D eigenvalue weighted by Gasteiger charge is 2.33. The first-order valence-corrected chi connectivity index (χ1v) is 5.46. The van der Waals surface area contributed by atoms with Crippen LogP contribution in [0.5, 0.6) is 0 Å². The minimum Gasteiger partial charge on any atom is -0.339 e. The van der Waals surface area contributed by atoms with E-state index in [0.29, 0.717) is 0 Å². The van der Waals surface area contributed by atoms with E-state index in [1.54, 1.807) is 7.05 Å². The van der Waals surface area contributed by atoms with Gasteiger partial charge < -0.3 is 4.90 Å². The summed E-state index contributed by atoms with van der Waals surface area (Å²) in [6.07, 6.45) is -4.49. The monoisotopic (exact) mass is 260 g/mol. The number of aromatic nitrogens is 1. The van der Waals surface area contributed by atoms with Crippen molar-refractivity contribution in [2.45, 2.75) is 33.0 Å². The van der Waals surface area contributed by atoms with E-state index in [1.165, 1.54) is 17.9 Å². The van der Waals surface area contributed by atoms with Crippen LogP contribution in [0, 0.1) is 6.92 Å². The number of carbonyl (C=O) groups excluding carboxylic acids is 1. The van der Waals surface area contributed by atoms with Crippen LogP contribution in [0.3, 0.4) is 0 Å². The average molecular weight is 260 g/mol. The molecule has 0 aromatic carbocycles. The first-order chi connectivity index (χ1) is 8.14. The van der Waals surface area contributed by atoms with E-state index in [0.717, 1.165) is 6.07 Å². The Kier molecular flexibility index (Phi) is 3.98. The van der Waals surface area contributed by atoms with Gasteiger partial charge in [0.25, 0.3) is 5.91 Å². The largest absolute Gasteiger partial charge is 0.433 e. The Balaban J connectivity index is 3.11. The molecule has 1 rings (SSSR count). The minimum absolute atomic E-state index is 0.0285. The molecule has 1 heterocycles. The molecule has 0 spiro atoms. The van der Waals surface area contributed by atoms with Crippen LogP contribution in [-0.4, -0.2) is 28.9 Å². The number of carbonyl (C=O) groups is 1. The van der Waals surface area contributed by atoms with Crippen molar-refractivity contribution in [2.24, 2.45) is 0 Å². The van der Waals surface area contributed by atoms with E-state index in [4.69, 9.17) is 0 Å². The third-order valence-corrected chi connectivity index (χ3v) is 2.70. The summed E-state index contributed by atoms with van der Waals surface area (Å²) in [6.45, 7) is 5.05. The molecule has 0 fully saturated rings. The zero-order valence-corrected chi connectivity index (χ0v) is 10.7. The molecule has 1 aromatic heterocycles. The Hall–Kier alpha value is -1.59. The van der Waals surface area contributed by atoms with E-state index in [2.05, 4.69) is 4.98 Å². The third-order valence-electron chi connectivity index (χ3n) is 2.70. The Morgan fingerprint density at radius 2 is 1.89 bits per heavy atom. The molecule has 0 unspecified atom stereocenters. The summed E-state index contributed by atoms with van der Waals surface area (Å²) in [5, 5.41) is 0. The van der Waals surface area contributed by atoms with Gasteiger partial charge in [-0.1, -0.05) is 0 Å². The van der Waals surface area contributed by atoms with E-state index in [9.17, 15) is 18.0 Å². The molecule has 0 aliphatic rings. The molecular weight excluding hydrogens is 245 g/mol. The second kappa shape index (κ2) is 4.96. The molecule has 0 saturated heterocycles. The lowest BCUT2D eigenvalue weighted by Crippen LogP contribution is -2.33. The Morgan fingerprint density at radius 3 is 2.28 bits per heavy atom. The van der Waals surface area contributed by atoms with Gasteiger partial charge in [-0.05, 0) is 32.9 Å². The predicted molar refractivity (Wildman–Crippen MR) is 61.2 cm³/mol. The summed E-state index contributed by atoms with van der Waals surface area (Å²) in [6, 6.07) is 1.97. The normalized spacial score (nSPS) is 11.8. The zero-order chi connectivity index (χ0) is 14.1. The van der Waals surface area contributed by atoms with Crippen LogP contribution in [0.4, 0.5) is 13.2 Å². The topological polar surface area (TPSA) is 33.2 Å². The standard InChI is InChI=1S/C12H15F3N2O/c1-7(2)17(4)11(18)9-5-6-10(12(13,14)15)16-8(9)3/h5-7H,1-4H3. The minimum atomic E-state index is -4.49. The molecule has 0 radical (unpaired) electrons. The van der Waals surface area contributed by atoms with Crippen LogP contribution in [0.25, 0.3) is 0 Å². The fourth-order valence-electron chi connectivity index (χ4n) is 1.37. The number of hydrogen-bond donors (Lipinski definition) is 0. The van der Waals surface area contributed by atoms with Gasteiger partial charge in [0, 0.05) is 13.1 Å². The first-order valence-electron chi connectivity index (χ1n) is 5.46. The van der Waals surface area contributed by atoms with Crippen molar-refractivity contribution in [2.75, 3.05) is 7.05 Å². The predicted octanol–water partition coefficient (Wildman–Crippen LogP) is 2.89. The van der Waals surface area contributed by atoms with Gasteiger partial charge in [-0.3, -0.25) is 4.79 Å². The van der Waals surface area contributed by atoms with E-state index in [1.807, 2.05) is 13.8 Å². The second-order valence-electron chi connectivity index (χ2n) is 4.34. The fourth-order valence-corrected chi connectivity index (χ4v) is 1.37. The first kappa shape index (κ1) is 14.5. The molecule has 1 aromatic rings. The number of pyridine rings is 1. The number of hydrogen-bond acceptors (Lipinski definition) is 2. The second-order valence-corrected chi connectivity index (χ2v) is 4.34. The molecule has 0 atom stereocenters. The molecule has 6 heteroatoms. The number of halogens is 3. The average Bonchev–Trinajstić information content (AvgIpc) is 2.25. The smallest absolute Gasteiger partial charge is 0.339 e. The summed E-state index contributed by atoms with van der Waals surface area (Å²) in [4.78, 5) is 16.9. The van der Waals surface area contributed by atoms with Gasteiger partial charge >= 0.3 is 6.18 Å². The summed E-state index contributed by atoms with van der Waals surface area (Å²) < 4.78 is 37.3. The summed E-state index contributed by atoms with van der Waals surface area (Å²) in [5.74, 6) is -0.330. The van der Waals surface area contributed by atoms with Crippen molar-refractivity contribution in [1.82, 2.24) is 9.88 Å². The van der Waals surface area contributed by atoms with E-state index < -0.39 is 11.9 Å². The summed E-state index contributed by atoms with van der Waals surface area (Å²) >= 11 is 0. The molecular formula is C12H15F3N2O. The van der Waals surface area contributed by atoms with Crippen molar-refractivity contribution >= 4 is 5.91 Å². The van der Waals surface area contributed by atoms with Crippen LogP contribution in [0.2, 0.25) is 0 Å². The van der Waals surface area contributed by atoms with Crippen molar-refractivity contribution < 1.29 is 18.0 Å². The van der Waals surface area contributed by atoms with Crippen LogP contribution in [0.15, 0.2) is 12.1 Å². The third kappa shape index (κ3) is 3.00. The number of alkyl halides is 3. The van der Waals surface area contributed by atoms with Gasteiger partial charge in [0.1, 0.15) is 5.69 Å². The lowest BCUT2D eigenvalue weighted by molar-refractivity contribution is -0.141. The molecule has 0 bridgehead atoms. The molecule has 1 amide bonds. The van der Waals surface area contributed by atoms with Crippen LogP contribution < -0.4 is 0 Å². The van der Waals surface area contributed by atoms with Crippen LogP contribution in [0.1, 0.15) is 35.6 Å². The number of amides is 1. The van der Waals surface area contributed by atoms with Gasteiger partial charge in [-0.2, -0.15) is 13.2 Å². The van der Waals surface area contributed by atoms with Gasteiger partial charge in [0.05, 0.1) is 11.3 Å². The highest BCUT2D eigenvalue weighted by molar-refractivity contribution is 5.95. The highest BCUT2D eigenvalue weighted by atomic mass is 19.4. The molecule has 100 valence electrons. The van der Waals surface area contributed by atoms with Crippen molar-refractivity contribution in [3.05, 3.63) is 29.1 Å². The molecule has 0 N–H and O–H groups in total. The van der Waals surface area contributed by atoms with Crippen LogP contribution >= 0.6 is 0 Å². The number of aryl methyl sites for hydroxylation is 1. The number of nitrogens with zero attached hydrogens (tertiary/aromatic N) is 2.